The van der Waals surface area contributed by atoms with Crippen LogP contribution in [0, 0.1) is 0 Å². The molecule has 3 rings (SSSR count). The highest BCUT2D eigenvalue weighted by Gasteiger charge is 2.46. The van der Waals surface area contributed by atoms with Crippen LogP contribution < -0.4 is 9.47 Å². The summed E-state index contributed by atoms with van der Waals surface area (Å²) in [6.07, 6.45) is 0. The van der Waals surface area contributed by atoms with Crippen molar-refractivity contribution in [2.45, 2.75) is 39.0 Å². The molecule has 1 aromatic carbocycles. The zero-order valence-corrected chi connectivity index (χ0v) is 17.7. The van der Waals surface area contributed by atoms with Crippen LogP contribution in [0.15, 0.2) is 34.5 Å². The van der Waals surface area contributed by atoms with Crippen LogP contribution in [0.4, 0.5) is 0 Å². The third kappa shape index (κ3) is 3.87. The first-order chi connectivity index (χ1) is 13.8. The molecular formula is C20H22N2O6S. The summed E-state index contributed by atoms with van der Waals surface area (Å²) in [6.45, 7) is 6.98. The average molecular weight is 418 g/mol. The average Bonchev–Trinajstić information content (AvgIpc) is 2.95. The summed E-state index contributed by atoms with van der Waals surface area (Å²) in [5.41, 5.74) is 1.39. The van der Waals surface area contributed by atoms with Gasteiger partial charge in [0.05, 0.1) is 36.3 Å². The number of nitrogens with zero attached hydrogens (tertiary/aromatic N) is 2. The molecule has 9 heteroatoms. The van der Waals surface area contributed by atoms with E-state index in [9.17, 15) is 14.4 Å². The zero-order chi connectivity index (χ0) is 21.3. The van der Waals surface area contributed by atoms with Gasteiger partial charge in [-0.1, -0.05) is 17.8 Å². The molecule has 1 saturated heterocycles. The van der Waals surface area contributed by atoms with Gasteiger partial charge in [0.25, 0.3) is 0 Å². The van der Waals surface area contributed by atoms with Crippen LogP contribution in [-0.4, -0.2) is 46.9 Å². The van der Waals surface area contributed by atoms with Crippen LogP contribution in [0.5, 0.6) is 11.5 Å². The van der Waals surface area contributed by atoms with Crippen LogP contribution in [0.25, 0.3) is 0 Å². The minimum Gasteiger partial charge on any atom is -0.490 e. The number of thioether (sulfide) groups is 1. The van der Waals surface area contributed by atoms with E-state index in [1.807, 2.05) is 6.92 Å². The normalized spacial score (nSPS) is 20.9. The number of rotatable bonds is 5. The standard InChI is InChI=1S/C20H22N2O6S/c1-6-27-15-9-13(7-8-14(15)28-12(4)23)17-16(19(25)26-5)10(2)21-20-22(17)18(24)11(3)29-20/h7-9,11,17H,6H2,1-5H3/t11-,17-/m0/s1. The fourth-order valence-corrected chi connectivity index (χ4v) is 4.32. The molecule has 0 aromatic heterocycles. The number of hydrogen-bond acceptors (Lipinski definition) is 8. The number of carbonyl (C=O) groups excluding carboxylic acids is 3. The number of ether oxygens (including phenoxy) is 3. The first-order valence-corrected chi connectivity index (χ1v) is 9.99. The molecule has 2 heterocycles. The maximum atomic E-state index is 12.9. The molecule has 0 aliphatic carbocycles. The summed E-state index contributed by atoms with van der Waals surface area (Å²) < 4.78 is 15.8. The van der Waals surface area contributed by atoms with E-state index in [1.165, 1.54) is 30.7 Å². The first kappa shape index (κ1) is 20.9. The first-order valence-electron chi connectivity index (χ1n) is 9.11. The Balaban J connectivity index is 2.15. The molecule has 0 saturated carbocycles. The van der Waals surface area contributed by atoms with Crippen molar-refractivity contribution < 1.29 is 28.6 Å². The van der Waals surface area contributed by atoms with Gasteiger partial charge in [-0.25, -0.2) is 9.79 Å². The Morgan fingerprint density at radius 2 is 2.00 bits per heavy atom. The largest absolute Gasteiger partial charge is 0.490 e. The van der Waals surface area contributed by atoms with Crippen LogP contribution in [0.3, 0.4) is 0 Å². The quantitative estimate of drug-likeness (QED) is 0.536. The van der Waals surface area contributed by atoms with E-state index < -0.39 is 18.0 Å². The van der Waals surface area contributed by atoms with E-state index in [1.54, 1.807) is 32.0 Å². The molecule has 2 aliphatic heterocycles. The second kappa shape index (κ2) is 8.28. The van der Waals surface area contributed by atoms with E-state index in [4.69, 9.17) is 14.2 Å². The Morgan fingerprint density at radius 3 is 2.62 bits per heavy atom. The fraction of sp³-hybridized carbons (Fsp3) is 0.400. The van der Waals surface area contributed by atoms with Crippen LogP contribution in [0.1, 0.15) is 39.3 Å². The molecule has 0 N–H and O–H groups in total. The maximum absolute atomic E-state index is 12.9. The second-order valence-corrected chi connectivity index (χ2v) is 7.80. The number of allylic oxidation sites excluding steroid dienone is 1. The third-order valence-electron chi connectivity index (χ3n) is 4.50. The van der Waals surface area contributed by atoms with Crippen molar-refractivity contribution in [2.24, 2.45) is 4.99 Å². The monoisotopic (exact) mass is 418 g/mol. The van der Waals surface area contributed by atoms with E-state index in [0.717, 1.165) is 0 Å². The van der Waals surface area contributed by atoms with Gasteiger partial charge in [-0.3, -0.25) is 14.5 Å². The topological polar surface area (TPSA) is 94.5 Å². The molecule has 0 radical (unpaired) electrons. The van der Waals surface area contributed by atoms with Crippen molar-refractivity contribution in [3.63, 3.8) is 0 Å². The smallest absolute Gasteiger partial charge is 0.338 e. The number of aliphatic imine (C=N–C) groups is 1. The Labute approximate surface area is 172 Å². The lowest BCUT2D eigenvalue weighted by molar-refractivity contribution is -0.137. The molecule has 0 spiro atoms. The number of fused-ring (bicyclic) bond motifs is 1. The molecule has 1 aromatic rings. The summed E-state index contributed by atoms with van der Waals surface area (Å²) in [5, 5.41) is 0.229. The van der Waals surface area contributed by atoms with E-state index in [2.05, 4.69) is 4.99 Å². The van der Waals surface area contributed by atoms with Gasteiger partial charge < -0.3 is 14.2 Å². The lowest BCUT2D eigenvalue weighted by atomic mass is 9.94. The molecule has 1 fully saturated rings. The summed E-state index contributed by atoms with van der Waals surface area (Å²) >= 11 is 1.35. The molecule has 2 aliphatic rings. The predicted molar refractivity (Wildman–Crippen MR) is 108 cm³/mol. The molecule has 0 unspecified atom stereocenters. The van der Waals surface area contributed by atoms with Crippen molar-refractivity contribution in [3.8, 4) is 11.5 Å². The van der Waals surface area contributed by atoms with Crippen LogP contribution in [-0.2, 0) is 19.1 Å². The third-order valence-corrected chi connectivity index (χ3v) is 5.55. The van der Waals surface area contributed by atoms with Gasteiger partial charge in [-0.05, 0) is 38.5 Å². The maximum Gasteiger partial charge on any atom is 0.338 e. The van der Waals surface area contributed by atoms with Gasteiger partial charge in [0.1, 0.15) is 0 Å². The Morgan fingerprint density at radius 1 is 1.28 bits per heavy atom. The van der Waals surface area contributed by atoms with Gasteiger partial charge in [-0.2, -0.15) is 0 Å². The lowest BCUT2D eigenvalue weighted by Gasteiger charge is -2.33. The number of benzene rings is 1. The van der Waals surface area contributed by atoms with Crippen LogP contribution in [0.2, 0.25) is 0 Å². The zero-order valence-electron chi connectivity index (χ0n) is 16.8. The molecule has 8 nitrogen and oxygen atoms in total. The van der Waals surface area contributed by atoms with Crippen molar-refractivity contribution in [3.05, 3.63) is 35.0 Å². The molecule has 1 amide bonds. The number of amides is 1. The van der Waals surface area contributed by atoms with Gasteiger partial charge in [0.15, 0.2) is 16.7 Å². The van der Waals surface area contributed by atoms with E-state index >= 15 is 0 Å². The van der Waals surface area contributed by atoms with Crippen molar-refractivity contribution in [1.29, 1.82) is 0 Å². The lowest BCUT2D eigenvalue weighted by Crippen LogP contribution is -2.40. The van der Waals surface area contributed by atoms with E-state index in [-0.39, 0.29) is 22.5 Å². The number of amidine groups is 1. The highest BCUT2D eigenvalue weighted by molar-refractivity contribution is 8.15. The Kier molecular flexibility index (Phi) is 5.97. The van der Waals surface area contributed by atoms with Gasteiger partial charge >= 0.3 is 11.9 Å². The van der Waals surface area contributed by atoms with Crippen LogP contribution >= 0.6 is 11.8 Å². The summed E-state index contributed by atoms with van der Waals surface area (Å²) in [6, 6.07) is 4.25. The van der Waals surface area contributed by atoms with Gasteiger partial charge in [0.2, 0.25) is 5.91 Å². The Bertz CT molecular complexity index is 939. The van der Waals surface area contributed by atoms with Crippen molar-refractivity contribution in [2.75, 3.05) is 13.7 Å². The van der Waals surface area contributed by atoms with E-state index in [0.29, 0.717) is 28.8 Å². The molecule has 0 bridgehead atoms. The van der Waals surface area contributed by atoms with Gasteiger partial charge in [-0.15, -0.1) is 0 Å². The highest BCUT2D eigenvalue weighted by atomic mass is 32.2. The fourth-order valence-electron chi connectivity index (χ4n) is 3.29. The number of esters is 2. The predicted octanol–water partition coefficient (Wildman–Crippen LogP) is 2.83. The molecule has 154 valence electrons. The number of carbonyl (C=O) groups is 3. The second-order valence-electron chi connectivity index (χ2n) is 6.49. The minimum absolute atomic E-state index is 0.144. The summed E-state index contributed by atoms with van der Waals surface area (Å²) in [5.74, 6) is -0.567. The molecule has 29 heavy (non-hydrogen) atoms. The number of methoxy groups -OCH3 is 1. The minimum atomic E-state index is -0.717. The number of hydrogen-bond donors (Lipinski definition) is 0. The molecule has 2 atom stereocenters. The van der Waals surface area contributed by atoms with Crippen molar-refractivity contribution >= 4 is 34.8 Å². The SMILES string of the molecule is CCOc1cc([C@H]2C(C(=O)OC)=C(C)N=C3S[C@@H](C)C(=O)N32)ccc1OC(C)=O. The summed E-state index contributed by atoms with van der Waals surface area (Å²) in [4.78, 5) is 42.8. The van der Waals surface area contributed by atoms with Crippen molar-refractivity contribution in [1.82, 2.24) is 4.90 Å². The Hall–Kier alpha value is -2.81. The highest BCUT2D eigenvalue weighted by Crippen LogP contribution is 2.44. The summed E-state index contributed by atoms with van der Waals surface area (Å²) in [7, 11) is 1.29. The van der Waals surface area contributed by atoms with Gasteiger partial charge in [0, 0.05) is 6.92 Å². The molecular weight excluding hydrogens is 396 g/mol.